The van der Waals surface area contributed by atoms with Crippen LogP contribution in [0.25, 0.3) is 0 Å². The van der Waals surface area contributed by atoms with E-state index in [1.807, 2.05) is 18.2 Å². The Morgan fingerprint density at radius 2 is 1.92 bits per heavy atom. The summed E-state index contributed by atoms with van der Waals surface area (Å²) in [5.41, 5.74) is 1.74. The second-order valence-electron chi connectivity index (χ2n) is 6.44. The van der Waals surface area contributed by atoms with Crippen LogP contribution in [0.3, 0.4) is 0 Å². The minimum atomic E-state index is -3.90. The average Bonchev–Trinajstić information content (AvgIpc) is 3.35. The van der Waals surface area contributed by atoms with Crippen LogP contribution in [0.4, 0.5) is 8.78 Å². The quantitative estimate of drug-likeness (QED) is 0.854. The summed E-state index contributed by atoms with van der Waals surface area (Å²) in [7, 11) is -3.90. The van der Waals surface area contributed by atoms with E-state index in [9.17, 15) is 17.2 Å². The Morgan fingerprint density at radius 3 is 2.62 bits per heavy atom. The lowest BCUT2D eigenvalue weighted by Crippen LogP contribution is -2.41. The predicted molar refractivity (Wildman–Crippen MR) is 84.1 cm³/mol. The molecule has 1 aromatic heterocycles. The van der Waals surface area contributed by atoms with E-state index in [-0.39, 0.29) is 22.5 Å². The van der Waals surface area contributed by atoms with Crippen molar-refractivity contribution in [2.75, 3.05) is 6.54 Å². The lowest BCUT2D eigenvalue weighted by atomic mass is 9.88. The molecule has 0 atom stereocenters. The van der Waals surface area contributed by atoms with Gasteiger partial charge in [-0.2, -0.15) is 4.31 Å². The molecule has 1 spiro atoms. The summed E-state index contributed by atoms with van der Waals surface area (Å²) in [6.45, 7) is 0.633. The van der Waals surface area contributed by atoms with Gasteiger partial charge in [0.15, 0.2) is 5.03 Å². The number of nitrogens with zero attached hydrogens (tertiary/aromatic N) is 2. The van der Waals surface area contributed by atoms with Gasteiger partial charge in [-0.1, -0.05) is 24.3 Å². The summed E-state index contributed by atoms with van der Waals surface area (Å²) in [4.78, 5) is 3.83. The maximum atomic E-state index is 12.9. The lowest BCUT2D eigenvalue weighted by Gasteiger charge is -2.34. The van der Waals surface area contributed by atoms with Crippen LogP contribution in [0.2, 0.25) is 0 Å². The Hall–Kier alpha value is -1.86. The van der Waals surface area contributed by atoms with Crippen LogP contribution >= 0.6 is 0 Å². The fourth-order valence-electron chi connectivity index (χ4n) is 3.43. The van der Waals surface area contributed by atoms with Gasteiger partial charge in [0.05, 0.1) is 0 Å². The monoisotopic (exact) mass is 350 g/mol. The van der Waals surface area contributed by atoms with Gasteiger partial charge in [0.25, 0.3) is 16.4 Å². The fraction of sp³-hybridized carbons (Fsp3) is 0.353. The molecule has 7 heteroatoms. The standard InChI is InChI=1S/C17H16F2N2O2S/c18-16(19)12-5-8-20-15(9-12)24(22,23)21-10-13-3-1-2-4-14(13)17(11-21)6-7-17/h1-5,8-9,16H,6-7,10-11H2. The second-order valence-corrected chi connectivity index (χ2v) is 8.32. The van der Waals surface area contributed by atoms with Gasteiger partial charge in [-0.05, 0) is 36.1 Å². The van der Waals surface area contributed by atoms with Crippen LogP contribution < -0.4 is 0 Å². The zero-order valence-electron chi connectivity index (χ0n) is 12.8. The van der Waals surface area contributed by atoms with Gasteiger partial charge in [-0.25, -0.2) is 22.2 Å². The second kappa shape index (κ2) is 5.32. The number of hydrogen-bond donors (Lipinski definition) is 0. The van der Waals surface area contributed by atoms with Crippen molar-refractivity contribution in [3.05, 3.63) is 59.3 Å². The first-order valence-corrected chi connectivity index (χ1v) is 9.19. The predicted octanol–water partition coefficient (Wildman–Crippen LogP) is 3.26. The highest BCUT2D eigenvalue weighted by Crippen LogP contribution is 2.53. The molecule has 2 heterocycles. The van der Waals surface area contributed by atoms with Crippen molar-refractivity contribution >= 4 is 10.0 Å². The van der Waals surface area contributed by atoms with Crippen molar-refractivity contribution in [3.8, 4) is 0 Å². The molecule has 4 rings (SSSR count). The van der Waals surface area contributed by atoms with E-state index in [2.05, 4.69) is 11.1 Å². The number of benzene rings is 1. The van der Waals surface area contributed by atoms with E-state index in [4.69, 9.17) is 0 Å². The van der Waals surface area contributed by atoms with Gasteiger partial charge in [0.1, 0.15) is 0 Å². The Balaban J connectivity index is 1.73. The van der Waals surface area contributed by atoms with E-state index in [0.29, 0.717) is 6.54 Å². The molecule has 0 saturated heterocycles. The molecule has 1 fully saturated rings. The molecular formula is C17H16F2N2O2S. The van der Waals surface area contributed by atoms with Gasteiger partial charge >= 0.3 is 0 Å². The zero-order chi connectivity index (χ0) is 16.9. The van der Waals surface area contributed by atoms with Gasteiger partial charge in [0.2, 0.25) is 0 Å². The minimum Gasteiger partial charge on any atom is -0.243 e. The average molecular weight is 350 g/mol. The number of halogens is 2. The van der Waals surface area contributed by atoms with Crippen molar-refractivity contribution in [2.24, 2.45) is 0 Å². The van der Waals surface area contributed by atoms with Crippen LogP contribution in [0.15, 0.2) is 47.6 Å². The van der Waals surface area contributed by atoms with E-state index in [1.165, 1.54) is 9.87 Å². The summed E-state index contributed by atoms with van der Waals surface area (Å²) in [5, 5.41) is -0.310. The Morgan fingerprint density at radius 1 is 1.17 bits per heavy atom. The summed E-state index contributed by atoms with van der Waals surface area (Å²) in [6.07, 6.45) is 0.291. The third-order valence-corrected chi connectivity index (χ3v) is 6.57. The first kappa shape index (κ1) is 15.7. The van der Waals surface area contributed by atoms with Crippen LogP contribution in [-0.2, 0) is 22.0 Å². The largest absolute Gasteiger partial charge is 0.264 e. The summed E-state index contributed by atoms with van der Waals surface area (Å²) in [5.74, 6) is 0. The number of sulfonamides is 1. The van der Waals surface area contributed by atoms with Crippen LogP contribution in [0.1, 0.15) is 36.0 Å². The van der Waals surface area contributed by atoms with Crippen LogP contribution in [0.5, 0.6) is 0 Å². The molecule has 0 bridgehead atoms. The molecule has 126 valence electrons. The Kier molecular flexibility index (Phi) is 3.47. The molecule has 0 radical (unpaired) electrons. The maximum absolute atomic E-state index is 12.9. The highest BCUT2D eigenvalue weighted by molar-refractivity contribution is 7.89. The first-order valence-electron chi connectivity index (χ1n) is 7.75. The number of hydrogen-bond acceptors (Lipinski definition) is 3. The normalized spacial score (nSPS) is 19.5. The smallest absolute Gasteiger partial charge is 0.243 e. The fourth-order valence-corrected chi connectivity index (χ4v) is 4.90. The van der Waals surface area contributed by atoms with E-state index in [1.54, 1.807) is 0 Å². The molecule has 24 heavy (non-hydrogen) atoms. The van der Waals surface area contributed by atoms with Gasteiger partial charge in [-0.3, -0.25) is 0 Å². The molecule has 0 unspecified atom stereocenters. The summed E-state index contributed by atoms with van der Waals surface area (Å²) in [6, 6.07) is 9.96. The molecule has 0 amide bonds. The first-order chi connectivity index (χ1) is 11.4. The molecule has 1 aliphatic carbocycles. The molecular weight excluding hydrogens is 334 g/mol. The van der Waals surface area contributed by atoms with Crippen molar-refractivity contribution < 1.29 is 17.2 Å². The number of rotatable bonds is 3. The molecule has 0 N–H and O–H groups in total. The van der Waals surface area contributed by atoms with Gasteiger partial charge in [-0.15, -0.1) is 0 Å². The topological polar surface area (TPSA) is 50.3 Å². The van der Waals surface area contributed by atoms with Crippen molar-refractivity contribution in [3.63, 3.8) is 0 Å². The van der Waals surface area contributed by atoms with E-state index < -0.39 is 16.4 Å². The molecule has 1 aliphatic heterocycles. The molecule has 2 aromatic rings. The van der Waals surface area contributed by atoms with E-state index >= 15 is 0 Å². The Labute approximate surface area is 139 Å². The summed E-state index contributed by atoms with van der Waals surface area (Å²) >= 11 is 0. The summed E-state index contributed by atoms with van der Waals surface area (Å²) < 4.78 is 52.9. The molecule has 1 aromatic carbocycles. The zero-order valence-corrected chi connectivity index (χ0v) is 13.6. The van der Waals surface area contributed by atoms with Crippen LogP contribution in [0, 0.1) is 0 Å². The third kappa shape index (κ3) is 2.43. The molecule has 1 saturated carbocycles. The van der Waals surface area contributed by atoms with Crippen molar-refractivity contribution in [2.45, 2.75) is 36.3 Å². The highest BCUT2D eigenvalue weighted by Gasteiger charge is 2.51. The van der Waals surface area contributed by atoms with Gasteiger partial charge < -0.3 is 0 Å². The third-order valence-electron chi connectivity index (χ3n) is 4.88. The SMILES string of the molecule is O=S(=O)(c1cc(C(F)F)ccn1)N1Cc2ccccc2C2(CC2)C1. The molecule has 2 aliphatic rings. The highest BCUT2D eigenvalue weighted by atomic mass is 32.2. The number of aromatic nitrogens is 1. The van der Waals surface area contributed by atoms with Crippen molar-refractivity contribution in [1.82, 2.24) is 9.29 Å². The number of alkyl halides is 2. The maximum Gasteiger partial charge on any atom is 0.264 e. The number of fused-ring (bicyclic) bond motifs is 2. The van der Waals surface area contributed by atoms with Gasteiger partial charge in [0, 0.05) is 30.3 Å². The van der Waals surface area contributed by atoms with Crippen LogP contribution in [-0.4, -0.2) is 24.3 Å². The minimum absolute atomic E-state index is 0.123. The van der Waals surface area contributed by atoms with E-state index in [0.717, 1.165) is 36.7 Å². The van der Waals surface area contributed by atoms with Crippen molar-refractivity contribution in [1.29, 1.82) is 0 Å². The number of pyridine rings is 1. The Bertz CT molecular complexity index is 895. The lowest BCUT2D eigenvalue weighted by molar-refractivity contribution is 0.151. The molecule has 4 nitrogen and oxygen atoms in total.